The first-order valence-electron chi connectivity index (χ1n) is 4.34. The van der Waals surface area contributed by atoms with Gasteiger partial charge >= 0.3 is 0 Å². The molecule has 2 atom stereocenters. The standard InChI is InChI=1S/C9H12INO2S2/c1-6(5-15(2)13)11-9(12)7-3-8(10)14-4-7/h3-4,6H,5H2,1-2H3,(H,11,12). The van der Waals surface area contributed by atoms with Gasteiger partial charge in [-0.3, -0.25) is 9.00 Å². The fraction of sp³-hybridized carbons (Fsp3) is 0.444. The van der Waals surface area contributed by atoms with Gasteiger partial charge in [0.15, 0.2) is 0 Å². The molecule has 3 nitrogen and oxygen atoms in total. The quantitative estimate of drug-likeness (QED) is 0.836. The summed E-state index contributed by atoms with van der Waals surface area (Å²) < 4.78 is 12.0. The number of hydrogen-bond acceptors (Lipinski definition) is 3. The van der Waals surface area contributed by atoms with Gasteiger partial charge in [0, 0.05) is 34.2 Å². The summed E-state index contributed by atoms with van der Waals surface area (Å²) in [5.74, 6) is 0.402. The summed E-state index contributed by atoms with van der Waals surface area (Å²) >= 11 is 3.72. The van der Waals surface area contributed by atoms with E-state index in [1.807, 2.05) is 18.4 Å². The van der Waals surface area contributed by atoms with Gasteiger partial charge < -0.3 is 5.32 Å². The Bertz CT molecular complexity index is 378. The van der Waals surface area contributed by atoms with E-state index in [0.29, 0.717) is 11.3 Å². The number of thiophene rings is 1. The van der Waals surface area contributed by atoms with Crippen LogP contribution in [0.5, 0.6) is 0 Å². The lowest BCUT2D eigenvalue weighted by Crippen LogP contribution is -2.35. The van der Waals surface area contributed by atoms with Crippen LogP contribution in [0.1, 0.15) is 17.3 Å². The zero-order valence-electron chi connectivity index (χ0n) is 8.45. The van der Waals surface area contributed by atoms with Crippen LogP contribution in [-0.4, -0.2) is 28.2 Å². The maximum atomic E-state index is 11.6. The number of halogens is 1. The number of nitrogens with one attached hydrogen (secondary N) is 1. The van der Waals surface area contributed by atoms with Crippen molar-refractivity contribution in [3.63, 3.8) is 0 Å². The molecule has 0 bridgehead atoms. The minimum atomic E-state index is -0.877. The van der Waals surface area contributed by atoms with E-state index >= 15 is 0 Å². The van der Waals surface area contributed by atoms with Crippen LogP contribution < -0.4 is 5.32 Å². The van der Waals surface area contributed by atoms with Crippen molar-refractivity contribution in [1.82, 2.24) is 5.32 Å². The highest BCUT2D eigenvalue weighted by Gasteiger charge is 2.11. The van der Waals surface area contributed by atoms with Gasteiger partial charge in [-0.15, -0.1) is 11.3 Å². The van der Waals surface area contributed by atoms with Crippen LogP contribution in [0.15, 0.2) is 11.4 Å². The Morgan fingerprint density at radius 3 is 2.87 bits per heavy atom. The molecule has 1 N–H and O–H groups in total. The Morgan fingerprint density at radius 1 is 1.73 bits per heavy atom. The lowest BCUT2D eigenvalue weighted by atomic mass is 10.3. The van der Waals surface area contributed by atoms with Crippen LogP contribution >= 0.6 is 33.9 Å². The van der Waals surface area contributed by atoms with E-state index in [-0.39, 0.29) is 11.9 Å². The van der Waals surface area contributed by atoms with Crippen molar-refractivity contribution in [2.75, 3.05) is 12.0 Å². The van der Waals surface area contributed by atoms with Gasteiger partial charge in [-0.05, 0) is 35.6 Å². The van der Waals surface area contributed by atoms with E-state index in [0.717, 1.165) is 2.88 Å². The van der Waals surface area contributed by atoms with Crippen molar-refractivity contribution >= 4 is 50.6 Å². The van der Waals surface area contributed by atoms with Gasteiger partial charge in [-0.25, -0.2) is 0 Å². The molecular formula is C9H12INO2S2. The maximum absolute atomic E-state index is 11.6. The SMILES string of the molecule is CC(CS(C)=O)NC(=O)c1csc(I)c1. The lowest BCUT2D eigenvalue weighted by Gasteiger charge is -2.11. The van der Waals surface area contributed by atoms with Crippen LogP contribution in [0.25, 0.3) is 0 Å². The molecule has 84 valence electrons. The second-order valence-electron chi connectivity index (χ2n) is 3.25. The smallest absolute Gasteiger partial charge is 0.252 e. The fourth-order valence-corrected chi connectivity index (χ4v) is 3.24. The number of rotatable bonds is 4. The summed E-state index contributed by atoms with van der Waals surface area (Å²) in [4.78, 5) is 11.6. The Kier molecular flexibility index (Phi) is 5.20. The predicted octanol–water partition coefficient (Wildman–Crippen LogP) is 1.85. The summed E-state index contributed by atoms with van der Waals surface area (Å²) in [5.41, 5.74) is 0.679. The Morgan fingerprint density at radius 2 is 2.40 bits per heavy atom. The molecule has 1 amide bonds. The Hall–Kier alpha value is 0.0500. The summed E-state index contributed by atoms with van der Waals surface area (Å²) in [6.07, 6.45) is 1.64. The average Bonchev–Trinajstić information content (AvgIpc) is 2.49. The molecule has 0 radical (unpaired) electrons. The molecular weight excluding hydrogens is 345 g/mol. The molecule has 15 heavy (non-hydrogen) atoms. The van der Waals surface area contributed by atoms with Gasteiger partial charge in [0.05, 0.1) is 8.45 Å². The molecule has 0 spiro atoms. The molecule has 0 aliphatic carbocycles. The molecule has 1 aromatic rings. The highest BCUT2D eigenvalue weighted by atomic mass is 127. The molecule has 1 heterocycles. The van der Waals surface area contributed by atoms with Crippen molar-refractivity contribution in [3.05, 3.63) is 19.9 Å². The zero-order valence-corrected chi connectivity index (χ0v) is 12.2. The van der Waals surface area contributed by atoms with E-state index in [1.54, 1.807) is 6.26 Å². The van der Waals surface area contributed by atoms with Gasteiger partial charge in [-0.2, -0.15) is 0 Å². The van der Waals surface area contributed by atoms with E-state index in [2.05, 4.69) is 27.9 Å². The minimum absolute atomic E-state index is 0.0547. The van der Waals surface area contributed by atoms with Crippen molar-refractivity contribution in [1.29, 1.82) is 0 Å². The molecule has 0 aliphatic heterocycles. The first kappa shape index (κ1) is 13.1. The largest absolute Gasteiger partial charge is 0.349 e. The summed E-state index contributed by atoms with van der Waals surface area (Å²) in [6.45, 7) is 1.86. The molecule has 2 unspecified atom stereocenters. The fourth-order valence-electron chi connectivity index (χ4n) is 1.13. The number of hydrogen-bond donors (Lipinski definition) is 1. The van der Waals surface area contributed by atoms with Gasteiger partial charge in [0.2, 0.25) is 0 Å². The van der Waals surface area contributed by atoms with Gasteiger partial charge in [0.1, 0.15) is 0 Å². The van der Waals surface area contributed by atoms with Crippen molar-refractivity contribution < 1.29 is 9.00 Å². The van der Waals surface area contributed by atoms with Crippen molar-refractivity contribution in [2.45, 2.75) is 13.0 Å². The first-order chi connectivity index (χ1) is 6.99. The normalized spacial score (nSPS) is 14.6. The van der Waals surface area contributed by atoms with E-state index in [4.69, 9.17) is 0 Å². The topological polar surface area (TPSA) is 46.2 Å². The van der Waals surface area contributed by atoms with E-state index in [1.165, 1.54) is 11.3 Å². The third kappa shape index (κ3) is 4.60. The van der Waals surface area contributed by atoms with Crippen LogP contribution in [0, 0.1) is 2.88 Å². The third-order valence-corrected chi connectivity index (χ3v) is 4.45. The molecule has 1 rings (SSSR count). The Labute approximate surface area is 109 Å². The summed E-state index contributed by atoms with van der Waals surface area (Å²) in [7, 11) is -0.877. The lowest BCUT2D eigenvalue weighted by molar-refractivity contribution is 0.0944. The molecule has 0 aliphatic rings. The van der Waals surface area contributed by atoms with Gasteiger partial charge in [0.25, 0.3) is 5.91 Å². The number of carbonyl (C=O) groups is 1. The summed E-state index contributed by atoms with van der Waals surface area (Å²) in [6, 6.07) is 1.79. The van der Waals surface area contributed by atoms with E-state index < -0.39 is 10.8 Å². The minimum Gasteiger partial charge on any atom is -0.349 e. The second kappa shape index (κ2) is 5.95. The van der Waals surface area contributed by atoms with Crippen LogP contribution in [0.4, 0.5) is 0 Å². The monoisotopic (exact) mass is 357 g/mol. The van der Waals surface area contributed by atoms with Crippen molar-refractivity contribution in [2.24, 2.45) is 0 Å². The Balaban J connectivity index is 2.52. The van der Waals surface area contributed by atoms with Gasteiger partial charge in [-0.1, -0.05) is 0 Å². The molecule has 6 heteroatoms. The maximum Gasteiger partial charge on any atom is 0.252 e. The molecule has 0 aromatic carbocycles. The average molecular weight is 357 g/mol. The highest BCUT2D eigenvalue weighted by Crippen LogP contribution is 2.16. The predicted molar refractivity (Wildman–Crippen MR) is 72.9 cm³/mol. The van der Waals surface area contributed by atoms with Crippen LogP contribution in [0.2, 0.25) is 0 Å². The molecule has 1 aromatic heterocycles. The summed E-state index contributed by atoms with van der Waals surface area (Å²) in [5, 5.41) is 4.64. The number of amides is 1. The number of carbonyl (C=O) groups excluding carboxylic acids is 1. The van der Waals surface area contributed by atoms with Crippen molar-refractivity contribution in [3.8, 4) is 0 Å². The van der Waals surface area contributed by atoms with E-state index in [9.17, 15) is 9.00 Å². The highest BCUT2D eigenvalue weighted by molar-refractivity contribution is 14.1. The van der Waals surface area contributed by atoms with Crippen LogP contribution in [-0.2, 0) is 10.8 Å². The first-order valence-corrected chi connectivity index (χ1v) is 8.02. The molecule has 0 fully saturated rings. The molecule has 0 saturated heterocycles. The molecule has 0 saturated carbocycles. The second-order valence-corrected chi connectivity index (χ2v) is 7.54. The van der Waals surface area contributed by atoms with Crippen LogP contribution in [0.3, 0.4) is 0 Å². The zero-order chi connectivity index (χ0) is 11.4. The third-order valence-electron chi connectivity index (χ3n) is 1.69.